The molecule has 1 fully saturated rings. The minimum absolute atomic E-state index is 0.0120. The fraction of sp³-hybridized carbons (Fsp3) is 0.333. The van der Waals surface area contributed by atoms with Gasteiger partial charge in [0, 0.05) is 24.7 Å². The highest BCUT2D eigenvalue weighted by Gasteiger charge is 2.25. The number of halogens is 1. The van der Waals surface area contributed by atoms with Gasteiger partial charge in [-0.2, -0.15) is 0 Å². The van der Waals surface area contributed by atoms with Crippen molar-refractivity contribution in [2.24, 2.45) is 5.92 Å². The lowest BCUT2D eigenvalue weighted by Crippen LogP contribution is -2.40. The molecule has 7 nitrogen and oxygen atoms in total. The number of nitro benzene ring substituents is 1. The highest BCUT2D eigenvalue weighted by molar-refractivity contribution is 6.32. The predicted octanol–water partition coefficient (Wildman–Crippen LogP) is 1.71. The van der Waals surface area contributed by atoms with Crippen molar-refractivity contribution in [1.29, 1.82) is 0 Å². The van der Waals surface area contributed by atoms with Crippen LogP contribution >= 0.6 is 11.6 Å². The second kappa shape index (κ2) is 5.87. The molecule has 8 heteroatoms. The third kappa shape index (κ3) is 3.24. The number of carbonyl (C=O) groups excluding carboxylic acids is 2. The Kier molecular flexibility index (Phi) is 4.19. The van der Waals surface area contributed by atoms with Gasteiger partial charge < -0.3 is 10.6 Å². The van der Waals surface area contributed by atoms with Gasteiger partial charge in [-0.1, -0.05) is 11.6 Å². The fourth-order valence-electron chi connectivity index (χ4n) is 1.93. The van der Waals surface area contributed by atoms with E-state index in [-0.39, 0.29) is 35.0 Å². The van der Waals surface area contributed by atoms with Crippen LogP contribution in [0.4, 0.5) is 11.4 Å². The van der Waals surface area contributed by atoms with E-state index in [1.165, 1.54) is 18.2 Å². The lowest BCUT2D eigenvalue weighted by atomic mass is 9.98. The van der Waals surface area contributed by atoms with Crippen LogP contribution in [0, 0.1) is 16.0 Å². The van der Waals surface area contributed by atoms with E-state index in [0.717, 1.165) is 0 Å². The normalized spacial score (nSPS) is 18.2. The zero-order valence-electron chi connectivity index (χ0n) is 10.4. The van der Waals surface area contributed by atoms with E-state index in [1.54, 1.807) is 0 Å². The third-order valence-electron chi connectivity index (χ3n) is 3.05. The zero-order chi connectivity index (χ0) is 14.7. The number of amides is 2. The number of nitrogens with zero attached hydrogens (tertiary/aromatic N) is 1. The Balaban J connectivity index is 2.06. The average Bonchev–Trinajstić information content (AvgIpc) is 2.41. The number of hydrogen-bond acceptors (Lipinski definition) is 4. The van der Waals surface area contributed by atoms with Gasteiger partial charge in [0.1, 0.15) is 5.02 Å². The molecule has 106 valence electrons. The van der Waals surface area contributed by atoms with Crippen LogP contribution in [-0.4, -0.2) is 23.3 Å². The minimum atomic E-state index is -0.612. The lowest BCUT2D eigenvalue weighted by Gasteiger charge is -2.21. The maximum atomic E-state index is 12.0. The Labute approximate surface area is 119 Å². The smallest absolute Gasteiger partial charge is 0.289 e. The summed E-state index contributed by atoms with van der Waals surface area (Å²) in [6.07, 6.45) is 0.770. The molecule has 0 radical (unpaired) electrons. The van der Waals surface area contributed by atoms with E-state index in [1.807, 2.05) is 0 Å². The number of nitro groups is 1. The molecule has 2 amide bonds. The molecule has 2 N–H and O–H groups in total. The van der Waals surface area contributed by atoms with Crippen LogP contribution in [0.3, 0.4) is 0 Å². The number of rotatable bonds is 3. The SMILES string of the molecule is O=C1CCC(C(=O)Nc2ccc(Cl)c([N+](=O)[O-])c2)CN1. The highest BCUT2D eigenvalue weighted by Crippen LogP contribution is 2.27. The summed E-state index contributed by atoms with van der Waals surface area (Å²) in [5.41, 5.74) is 0.0458. The van der Waals surface area contributed by atoms with Crippen LogP contribution in [0.1, 0.15) is 12.8 Å². The summed E-state index contributed by atoms with van der Waals surface area (Å²) in [7, 11) is 0. The number of anilines is 1. The van der Waals surface area contributed by atoms with Crippen molar-refractivity contribution in [3.05, 3.63) is 33.3 Å². The Morgan fingerprint density at radius 2 is 2.25 bits per heavy atom. The summed E-state index contributed by atoms with van der Waals surface area (Å²) >= 11 is 5.69. The Morgan fingerprint density at radius 1 is 1.50 bits per heavy atom. The summed E-state index contributed by atoms with van der Waals surface area (Å²) in [5, 5.41) is 16.0. The van der Waals surface area contributed by atoms with Crippen LogP contribution in [0.25, 0.3) is 0 Å². The second-order valence-electron chi connectivity index (χ2n) is 4.45. The van der Waals surface area contributed by atoms with Crippen LogP contribution in [0.5, 0.6) is 0 Å². The molecular formula is C12H12ClN3O4. The van der Waals surface area contributed by atoms with Crippen LogP contribution < -0.4 is 10.6 Å². The molecule has 1 heterocycles. The number of hydrogen-bond donors (Lipinski definition) is 2. The summed E-state index contributed by atoms with van der Waals surface area (Å²) in [6, 6.07) is 4.06. The maximum Gasteiger partial charge on any atom is 0.289 e. The van der Waals surface area contributed by atoms with E-state index >= 15 is 0 Å². The van der Waals surface area contributed by atoms with Gasteiger partial charge >= 0.3 is 0 Å². The molecule has 0 spiro atoms. The van der Waals surface area contributed by atoms with Gasteiger partial charge in [0.15, 0.2) is 0 Å². The lowest BCUT2D eigenvalue weighted by molar-refractivity contribution is -0.384. The van der Waals surface area contributed by atoms with Crippen molar-refractivity contribution < 1.29 is 14.5 Å². The molecule has 0 saturated carbocycles. The Morgan fingerprint density at radius 3 is 2.85 bits per heavy atom. The van der Waals surface area contributed by atoms with Crippen LogP contribution in [0.2, 0.25) is 5.02 Å². The molecule has 2 rings (SSSR count). The first kappa shape index (κ1) is 14.3. The molecule has 1 aliphatic heterocycles. The topological polar surface area (TPSA) is 101 Å². The summed E-state index contributed by atoms with van der Waals surface area (Å²) in [5.74, 6) is -0.680. The van der Waals surface area contributed by atoms with Crippen molar-refractivity contribution in [3.8, 4) is 0 Å². The second-order valence-corrected chi connectivity index (χ2v) is 4.86. The van der Waals surface area contributed by atoms with Crippen LogP contribution in [0.15, 0.2) is 18.2 Å². The van der Waals surface area contributed by atoms with Crippen molar-refractivity contribution >= 4 is 34.8 Å². The molecule has 1 saturated heterocycles. The molecular weight excluding hydrogens is 286 g/mol. The Hall–Kier alpha value is -2.15. The van der Waals surface area contributed by atoms with Crippen molar-refractivity contribution in [2.75, 3.05) is 11.9 Å². The van der Waals surface area contributed by atoms with E-state index in [0.29, 0.717) is 18.5 Å². The van der Waals surface area contributed by atoms with Crippen molar-refractivity contribution in [2.45, 2.75) is 12.8 Å². The van der Waals surface area contributed by atoms with Gasteiger partial charge in [-0.05, 0) is 18.6 Å². The summed E-state index contributed by atoms with van der Waals surface area (Å²) in [4.78, 5) is 33.1. The molecule has 1 atom stereocenters. The van der Waals surface area contributed by atoms with E-state index in [9.17, 15) is 19.7 Å². The van der Waals surface area contributed by atoms with Crippen LogP contribution in [-0.2, 0) is 9.59 Å². The van der Waals surface area contributed by atoms with Gasteiger partial charge in [-0.15, -0.1) is 0 Å². The van der Waals surface area contributed by atoms with Crippen molar-refractivity contribution in [3.63, 3.8) is 0 Å². The van der Waals surface area contributed by atoms with Gasteiger partial charge in [-0.3, -0.25) is 19.7 Å². The first-order chi connectivity index (χ1) is 9.47. The zero-order valence-corrected chi connectivity index (χ0v) is 11.1. The highest BCUT2D eigenvalue weighted by atomic mass is 35.5. The van der Waals surface area contributed by atoms with E-state index < -0.39 is 4.92 Å². The van der Waals surface area contributed by atoms with Crippen molar-refractivity contribution in [1.82, 2.24) is 5.32 Å². The Bertz CT molecular complexity index is 566. The predicted molar refractivity (Wildman–Crippen MR) is 72.5 cm³/mol. The third-order valence-corrected chi connectivity index (χ3v) is 3.37. The molecule has 1 aliphatic rings. The summed E-state index contributed by atoms with van der Waals surface area (Å²) in [6.45, 7) is 0.278. The molecule has 20 heavy (non-hydrogen) atoms. The number of nitrogens with one attached hydrogen (secondary N) is 2. The van der Waals surface area contributed by atoms with Gasteiger partial charge in [0.05, 0.1) is 10.8 Å². The fourth-order valence-corrected chi connectivity index (χ4v) is 2.12. The largest absolute Gasteiger partial charge is 0.355 e. The van der Waals surface area contributed by atoms with Gasteiger partial charge in [0.2, 0.25) is 11.8 Å². The number of piperidine rings is 1. The molecule has 1 unspecified atom stereocenters. The standard InChI is InChI=1S/C12H12ClN3O4/c13-9-3-2-8(5-10(9)16(19)20)15-12(18)7-1-4-11(17)14-6-7/h2-3,5,7H,1,4,6H2,(H,14,17)(H,15,18). The molecule has 0 aliphatic carbocycles. The first-order valence-electron chi connectivity index (χ1n) is 5.99. The molecule has 1 aromatic rings. The maximum absolute atomic E-state index is 12.0. The molecule has 1 aromatic carbocycles. The average molecular weight is 298 g/mol. The van der Waals surface area contributed by atoms with Gasteiger partial charge in [0.25, 0.3) is 5.69 Å². The molecule has 0 aromatic heterocycles. The van der Waals surface area contributed by atoms with Gasteiger partial charge in [-0.25, -0.2) is 0 Å². The monoisotopic (exact) mass is 297 g/mol. The quantitative estimate of drug-likeness (QED) is 0.655. The van der Waals surface area contributed by atoms with E-state index in [2.05, 4.69) is 10.6 Å². The van der Waals surface area contributed by atoms with E-state index in [4.69, 9.17) is 11.6 Å². The first-order valence-corrected chi connectivity index (χ1v) is 6.36. The minimum Gasteiger partial charge on any atom is -0.355 e. The summed E-state index contributed by atoms with van der Waals surface area (Å²) < 4.78 is 0. The molecule has 0 bridgehead atoms. The number of benzene rings is 1. The number of carbonyl (C=O) groups is 2.